The molecule has 0 aliphatic carbocycles. The molecule has 0 radical (unpaired) electrons. The third kappa shape index (κ3) is 3.91. The van der Waals surface area contributed by atoms with E-state index >= 15 is 0 Å². The van der Waals surface area contributed by atoms with Gasteiger partial charge in [0.15, 0.2) is 17.1 Å². The number of carbonyl (C=O) groups is 1. The van der Waals surface area contributed by atoms with Crippen LogP contribution in [0.3, 0.4) is 0 Å². The highest BCUT2D eigenvalue weighted by Crippen LogP contribution is 2.21. The van der Waals surface area contributed by atoms with E-state index in [9.17, 15) is 10.0 Å². The number of nitrogens with zero attached hydrogens (tertiary/aromatic N) is 1. The van der Waals surface area contributed by atoms with Gasteiger partial charge in [0.05, 0.1) is 12.9 Å². The second-order valence-corrected chi connectivity index (χ2v) is 5.28. The number of benzene rings is 1. The number of rotatable bonds is 6. The van der Waals surface area contributed by atoms with E-state index in [1.54, 1.807) is 57.2 Å². The number of ether oxygens (including phenoxy) is 2. The van der Waals surface area contributed by atoms with Gasteiger partial charge in [-0.3, -0.25) is 0 Å². The van der Waals surface area contributed by atoms with Crippen molar-refractivity contribution in [3.63, 3.8) is 0 Å². The van der Waals surface area contributed by atoms with E-state index in [0.29, 0.717) is 29.4 Å². The zero-order valence-electron chi connectivity index (χ0n) is 13.3. The van der Waals surface area contributed by atoms with Crippen LogP contribution in [0.15, 0.2) is 52.2 Å². The van der Waals surface area contributed by atoms with Crippen LogP contribution in [0.5, 0.6) is 5.75 Å². The number of furan rings is 1. The van der Waals surface area contributed by atoms with Crippen molar-refractivity contribution < 1.29 is 23.9 Å². The van der Waals surface area contributed by atoms with Gasteiger partial charge >= 0.3 is 5.97 Å². The first-order valence-corrected chi connectivity index (χ1v) is 7.20. The molecule has 0 fully saturated rings. The SMILES string of the molecule is CCOC(=O)C(C)(C)Oc1ccc(C(=NO)c2ccco2)cc1. The summed E-state index contributed by atoms with van der Waals surface area (Å²) in [6.07, 6.45) is 1.50. The van der Waals surface area contributed by atoms with Crippen molar-refractivity contribution in [1.82, 2.24) is 0 Å². The van der Waals surface area contributed by atoms with Gasteiger partial charge in [-0.2, -0.15) is 0 Å². The van der Waals surface area contributed by atoms with Crippen LogP contribution < -0.4 is 4.74 Å². The topological polar surface area (TPSA) is 81.3 Å². The molecule has 0 bridgehead atoms. The lowest BCUT2D eigenvalue weighted by Crippen LogP contribution is -2.39. The molecule has 23 heavy (non-hydrogen) atoms. The molecule has 2 aromatic rings. The largest absolute Gasteiger partial charge is 0.476 e. The summed E-state index contributed by atoms with van der Waals surface area (Å²) >= 11 is 0. The quantitative estimate of drug-likeness (QED) is 0.383. The molecule has 1 heterocycles. The minimum absolute atomic E-state index is 0.296. The fourth-order valence-corrected chi connectivity index (χ4v) is 1.98. The van der Waals surface area contributed by atoms with Gasteiger partial charge in [0, 0.05) is 5.56 Å². The Balaban J connectivity index is 2.15. The monoisotopic (exact) mass is 317 g/mol. The van der Waals surface area contributed by atoms with Crippen molar-refractivity contribution in [2.75, 3.05) is 6.61 Å². The van der Waals surface area contributed by atoms with Gasteiger partial charge in [0.25, 0.3) is 0 Å². The Bertz CT molecular complexity index is 672. The van der Waals surface area contributed by atoms with Gasteiger partial charge in [-0.05, 0) is 57.2 Å². The molecule has 0 aliphatic rings. The smallest absolute Gasteiger partial charge is 0.349 e. The minimum Gasteiger partial charge on any atom is -0.476 e. The highest BCUT2D eigenvalue weighted by molar-refractivity contribution is 6.10. The van der Waals surface area contributed by atoms with Crippen molar-refractivity contribution >= 4 is 11.7 Å². The summed E-state index contributed by atoms with van der Waals surface area (Å²) in [5.41, 5.74) is -0.123. The van der Waals surface area contributed by atoms with E-state index in [4.69, 9.17) is 13.9 Å². The van der Waals surface area contributed by atoms with Crippen molar-refractivity contribution in [3.05, 3.63) is 54.0 Å². The third-order valence-corrected chi connectivity index (χ3v) is 3.12. The minimum atomic E-state index is -1.09. The Kier molecular flexibility index (Phi) is 5.05. The van der Waals surface area contributed by atoms with Crippen LogP contribution in [0.1, 0.15) is 32.1 Å². The Hall–Kier alpha value is -2.76. The van der Waals surface area contributed by atoms with E-state index in [0.717, 1.165) is 0 Å². The molecule has 1 aromatic carbocycles. The van der Waals surface area contributed by atoms with E-state index in [1.807, 2.05) is 0 Å². The molecule has 0 spiro atoms. The Morgan fingerprint density at radius 2 is 1.96 bits per heavy atom. The maximum absolute atomic E-state index is 11.8. The molecule has 0 unspecified atom stereocenters. The zero-order chi connectivity index (χ0) is 16.9. The molecule has 0 saturated carbocycles. The lowest BCUT2D eigenvalue weighted by atomic mass is 10.1. The molecule has 1 aromatic heterocycles. The van der Waals surface area contributed by atoms with Crippen LogP contribution in [0.4, 0.5) is 0 Å². The fraction of sp³-hybridized carbons (Fsp3) is 0.294. The first kappa shape index (κ1) is 16.6. The van der Waals surface area contributed by atoms with Crippen LogP contribution in [0, 0.1) is 0 Å². The van der Waals surface area contributed by atoms with Crippen LogP contribution in [0.25, 0.3) is 0 Å². The van der Waals surface area contributed by atoms with Gasteiger partial charge in [-0.25, -0.2) is 4.79 Å². The lowest BCUT2D eigenvalue weighted by Gasteiger charge is -2.24. The highest BCUT2D eigenvalue weighted by atomic mass is 16.6. The predicted molar refractivity (Wildman–Crippen MR) is 83.9 cm³/mol. The average Bonchev–Trinajstić information content (AvgIpc) is 3.04. The van der Waals surface area contributed by atoms with E-state index in [1.165, 1.54) is 6.26 Å². The summed E-state index contributed by atoms with van der Waals surface area (Å²) in [5, 5.41) is 12.4. The van der Waals surface area contributed by atoms with Gasteiger partial charge in [0.1, 0.15) is 5.75 Å². The van der Waals surface area contributed by atoms with Gasteiger partial charge in [0.2, 0.25) is 0 Å². The van der Waals surface area contributed by atoms with Crippen LogP contribution in [-0.4, -0.2) is 29.1 Å². The molecule has 122 valence electrons. The first-order chi connectivity index (χ1) is 11.0. The second-order valence-electron chi connectivity index (χ2n) is 5.28. The Morgan fingerprint density at radius 3 is 2.48 bits per heavy atom. The summed E-state index contributed by atoms with van der Waals surface area (Å²) in [5.74, 6) is 0.522. The average molecular weight is 317 g/mol. The van der Waals surface area contributed by atoms with Gasteiger partial charge < -0.3 is 19.1 Å². The molecule has 0 saturated heterocycles. The van der Waals surface area contributed by atoms with Crippen molar-refractivity contribution in [1.29, 1.82) is 0 Å². The van der Waals surface area contributed by atoms with Gasteiger partial charge in [-0.1, -0.05) is 5.16 Å². The molecule has 0 atom stereocenters. The molecule has 6 nitrogen and oxygen atoms in total. The summed E-state index contributed by atoms with van der Waals surface area (Å²) in [4.78, 5) is 11.8. The normalized spacial score (nSPS) is 12.0. The zero-order valence-corrected chi connectivity index (χ0v) is 13.3. The Labute approximate surface area is 134 Å². The molecular formula is C17H19NO5. The van der Waals surface area contributed by atoms with E-state index in [2.05, 4.69) is 5.16 Å². The maximum Gasteiger partial charge on any atom is 0.349 e. The number of esters is 1. The standard InChI is InChI=1S/C17H19NO5/c1-4-21-16(19)17(2,3)23-13-9-7-12(8-10-13)15(18-20)14-6-5-11-22-14/h5-11,20H,4H2,1-3H3. The van der Waals surface area contributed by atoms with E-state index < -0.39 is 11.6 Å². The second kappa shape index (κ2) is 7.00. The Morgan fingerprint density at radius 1 is 1.26 bits per heavy atom. The molecule has 2 rings (SSSR count). The van der Waals surface area contributed by atoms with Crippen LogP contribution >= 0.6 is 0 Å². The molecular weight excluding hydrogens is 298 g/mol. The first-order valence-electron chi connectivity index (χ1n) is 7.20. The lowest BCUT2D eigenvalue weighted by molar-refractivity contribution is -0.158. The summed E-state index contributed by atoms with van der Waals surface area (Å²) in [6, 6.07) is 10.2. The van der Waals surface area contributed by atoms with Crippen LogP contribution in [-0.2, 0) is 9.53 Å². The third-order valence-electron chi connectivity index (χ3n) is 3.12. The predicted octanol–water partition coefficient (Wildman–Crippen LogP) is 3.23. The molecule has 6 heteroatoms. The molecule has 0 aliphatic heterocycles. The van der Waals surface area contributed by atoms with Crippen molar-refractivity contribution in [3.8, 4) is 5.75 Å². The van der Waals surface area contributed by atoms with Gasteiger partial charge in [-0.15, -0.1) is 0 Å². The summed E-state index contributed by atoms with van der Waals surface area (Å²) < 4.78 is 15.9. The molecule has 0 amide bonds. The van der Waals surface area contributed by atoms with E-state index in [-0.39, 0.29) is 0 Å². The molecule has 1 N–H and O–H groups in total. The number of carbonyl (C=O) groups excluding carboxylic acids is 1. The maximum atomic E-state index is 11.8. The fourth-order valence-electron chi connectivity index (χ4n) is 1.98. The highest BCUT2D eigenvalue weighted by Gasteiger charge is 2.31. The number of oxime groups is 1. The van der Waals surface area contributed by atoms with Crippen molar-refractivity contribution in [2.45, 2.75) is 26.4 Å². The number of hydrogen-bond donors (Lipinski definition) is 1. The summed E-state index contributed by atoms with van der Waals surface area (Å²) in [6.45, 7) is 5.32. The summed E-state index contributed by atoms with van der Waals surface area (Å²) in [7, 11) is 0. The van der Waals surface area contributed by atoms with Crippen LogP contribution in [0.2, 0.25) is 0 Å². The number of hydrogen-bond acceptors (Lipinski definition) is 6. The van der Waals surface area contributed by atoms with Crippen molar-refractivity contribution in [2.24, 2.45) is 5.16 Å².